The first-order chi connectivity index (χ1) is 9.62. The lowest BCUT2D eigenvalue weighted by molar-refractivity contribution is 0.0433. The van der Waals surface area contributed by atoms with Crippen LogP contribution in [0.1, 0.15) is 23.2 Å². The van der Waals surface area contributed by atoms with Gasteiger partial charge < -0.3 is 19.9 Å². The summed E-state index contributed by atoms with van der Waals surface area (Å²) in [5, 5.41) is 12.9. The number of para-hydroxylation sites is 1. The van der Waals surface area contributed by atoms with Crippen LogP contribution in [0.5, 0.6) is 11.5 Å². The van der Waals surface area contributed by atoms with Gasteiger partial charge in [0, 0.05) is 19.1 Å². The summed E-state index contributed by atoms with van der Waals surface area (Å²) < 4.78 is 10.3. The molecule has 0 atom stereocenters. The largest absolute Gasteiger partial charge is 0.504 e. The van der Waals surface area contributed by atoms with Crippen molar-refractivity contribution in [2.45, 2.75) is 18.4 Å². The number of rotatable bonds is 4. The first kappa shape index (κ1) is 14.9. The number of nitrogens with one attached hydrogen (secondary N) is 1. The van der Waals surface area contributed by atoms with Gasteiger partial charge in [-0.15, -0.1) is 11.6 Å². The van der Waals surface area contributed by atoms with E-state index in [1.54, 1.807) is 18.2 Å². The highest BCUT2D eigenvalue weighted by molar-refractivity contribution is 6.19. The molecule has 1 heterocycles. The van der Waals surface area contributed by atoms with Gasteiger partial charge in [-0.25, -0.2) is 0 Å². The molecule has 1 fully saturated rings. The van der Waals surface area contributed by atoms with Crippen LogP contribution in [0.2, 0.25) is 0 Å². The molecule has 0 spiro atoms. The van der Waals surface area contributed by atoms with Gasteiger partial charge in [0.2, 0.25) is 0 Å². The third-order valence-electron chi connectivity index (χ3n) is 3.55. The Balaban J connectivity index is 2.19. The number of amides is 1. The predicted octanol–water partition coefficient (Wildman–Crippen LogP) is 1.92. The summed E-state index contributed by atoms with van der Waals surface area (Å²) in [6, 6.07) is 4.80. The van der Waals surface area contributed by atoms with Crippen LogP contribution in [0.3, 0.4) is 0 Å². The molecule has 0 aliphatic carbocycles. The van der Waals surface area contributed by atoms with Crippen LogP contribution in [0.25, 0.3) is 0 Å². The second kappa shape index (κ2) is 6.33. The zero-order valence-corrected chi connectivity index (χ0v) is 12.1. The molecular formula is C14H18ClNO4. The van der Waals surface area contributed by atoms with Gasteiger partial charge in [0.05, 0.1) is 18.2 Å². The minimum absolute atomic E-state index is 0.163. The molecule has 1 aromatic carbocycles. The lowest BCUT2D eigenvalue weighted by Gasteiger charge is -2.36. The Hall–Kier alpha value is -1.46. The highest BCUT2D eigenvalue weighted by atomic mass is 35.5. The Morgan fingerprint density at radius 2 is 2.20 bits per heavy atom. The number of halogens is 1. The maximum Gasteiger partial charge on any atom is 0.255 e. The summed E-state index contributed by atoms with van der Waals surface area (Å²) in [5.74, 6) is 0.0603. The van der Waals surface area contributed by atoms with Gasteiger partial charge in [-0.05, 0) is 25.0 Å². The SMILES string of the molecule is COc1cccc(C(=O)NC2(CCl)CCOCC2)c1O. The summed E-state index contributed by atoms with van der Waals surface area (Å²) in [6.45, 7) is 1.13. The number of phenols is 1. The van der Waals surface area contributed by atoms with Crippen LogP contribution < -0.4 is 10.1 Å². The fourth-order valence-electron chi connectivity index (χ4n) is 2.23. The first-order valence-electron chi connectivity index (χ1n) is 6.44. The average Bonchev–Trinajstić information content (AvgIpc) is 2.48. The minimum atomic E-state index is -0.480. The summed E-state index contributed by atoms with van der Waals surface area (Å²) in [6.07, 6.45) is 1.32. The number of carbonyl (C=O) groups excluding carboxylic acids is 1. The fourth-order valence-corrected chi connectivity index (χ4v) is 2.57. The van der Waals surface area contributed by atoms with E-state index in [9.17, 15) is 9.90 Å². The van der Waals surface area contributed by atoms with E-state index in [0.29, 0.717) is 31.9 Å². The molecular weight excluding hydrogens is 282 g/mol. The number of alkyl halides is 1. The number of hydrogen-bond donors (Lipinski definition) is 2. The molecule has 1 aliphatic heterocycles. The van der Waals surface area contributed by atoms with Gasteiger partial charge in [0.25, 0.3) is 5.91 Å². The van der Waals surface area contributed by atoms with Crippen LogP contribution in [0.15, 0.2) is 18.2 Å². The van der Waals surface area contributed by atoms with Crippen molar-refractivity contribution in [2.75, 3.05) is 26.2 Å². The lowest BCUT2D eigenvalue weighted by Crippen LogP contribution is -2.53. The highest BCUT2D eigenvalue weighted by Crippen LogP contribution is 2.30. The number of methoxy groups -OCH3 is 1. The van der Waals surface area contributed by atoms with Crippen LogP contribution in [0, 0.1) is 0 Å². The normalized spacial score (nSPS) is 17.5. The number of benzene rings is 1. The van der Waals surface area contributed by atoms with Gasteiger partial charge in [-0.3, -0.25) is 4.79 Å². The third kappa shape index (κ3) is 2.99. The molecule has 0 radical (unpaired) electrons. The Bertz CT molecular complexity index is 486. The van der Waals surface area contributed by atoms with E-state index in [-0.39, 0.29) is 23.0 Å². The number of phenolic OH excluding ortho intramolecular Hbond substituents is 1. The van der Waals surface area contributed by atoms with Crippen molar-refractivity contribution in [3.63, 3.8) is 0 Å². The number of hydrogen-bond acceptors (Lipinski definition) is 4. The molecule has 0 saturated carbocycles. The van der Waals surface area contributed by atoms with Gasteiger partial charge in [0.15, 0.2) is 11.5 Å². The van der Waals surface area contributed by atoms with E-state index in [1.165, 1.54) is 7.11 Å². The number of ether oxygens (including phenoxy) is 2. The van der Waals surface area contributed by atoms with Crippen molar-refractivity contribution in [1.82, 2.24) is 5.32 Å². The van der Waals surface area contributed by atoms with Crippen LogP contribution in [-0.2, 0) is 4.74 Å². The third-order valence-corrected chi connectivity index (χ3v) is 4.06. The smallest absolute Gasteiger partial charge is 0.255 e. The van der Waals surface area contributed by atoms with Crippen LogP contribution in [-0.4, -0.2) is 42.8 Å². The molecule has 0 aromatic heterocycles. The Morgan fingerprint density at radius 1 is 1.50 bits per heavy atom. The standard InChI is InChI=1S/C14H18ClNO4/c1-19-11-4-2-3-10(12(11)17)13(18)16-14(9-15)5-7-20-8-6-14/h2-4,17H,5-9H2,1H3,(H,16,18). The molecule has 1 aromatic rings. The predicted molar refractivity (Wildman–Crippen MR) is 75.6 cm³/mol. The maximum atomic E-state index is 12.3. The first-order valence-corrected chi connectivity index (χ1v) is 6.97. The summed E-state index contributed by atoms with van der Waals surface area (Å²) in [7, 11) is 1.44. The van der Waals surface area contributed by atoms with E-state index in [0.717, 1.165) is 0 Å². The van der Waals surface area contributed by atoms with Crippen LogP contribution in [0.4, 0.5) is 0 Å². The molecule has 2 rings (SSSR count). The topological polar surface area (TPSA) is 67.8 Å². The molecule has 0 unspecified atom stereocenters. The van der Waals surface area contributed by atoms with E-state index < -0.39 is 5.54 Å². The van der Waals surface area contributed by atoms with Crippen LogP contribution >= 0.6 is 11.6 Å². The van der Waals surface area contributed by atoms with Crippen molar-refractivity contribution in [1.29, 1.82) is 0 Å². The monoisotopic (exact) mass is 299 g/mol. The summed E-state index contributed by atoms with van der Waals surface area (Å²) >= 11 is 6.01. The Morgan fingerprint density at radius 3 is 2.80 bits per heavy atom. The van der Waals surface area contributed by atoms with Crippen molar-refractivity contribution < 1.29 is 19.4 Å². The number of carbonyl (C=O) groups is 1. The summed E-state index contributed by atoms with van der Waals surface area (Å²) in [4.78, 5) is 12.3. The average molecular weight is 300 g/mol. The van der Waals surface area contributed by atoms with E-state index >= 15 is 0 Å². The molecule has 5 nitrogen and oxygen atoms in total. The lowest BCUT2D eigenvalue weighted by atomic mass is 9.91. The molecule has 2 N–H and O–H groups in total. The molecule has 1 aliphatic rings. The fraction of sp³-hybridized carbons (Fsp3) is 0.500. The van der Waals surface area contributed by atoms with E-state index in [2.05, 4.69) is 5.32 Å². The minimum Gasteiger partial charge on any atom is -0.504 e. The zero-order valence-electron chi connectivity index (χ0n) is 11.3. The van der Waals surface area contributed by atoms with E-state index in [1.807, 2.05) is 0 Å². The van der Waals surface area contributed by atoms with Gasteiger partial charge >= 0.3 is 0 Å². The second-order valence-electron chi connectivity index (χ2n) is 4.84. The zero-order chi connectivity index (χ0) is 14.6. The van der Waals surface area contributed by atoms with Gasteiger partial charge in [-0.2, -0.15) is 0 Å². The Kier molecular flexibility index (Phi) is 4.73. The van der Waals surface area contributed by atoms with Crippen molar-refractivity contribution >= 4 is 17.5 Å². The van der Waals surface area contributed by atoms with E-state index in [4.69, 9.17) is 21.1 Å². The van der Waals surface area contributed by atoms with Crippen molar-refractivity contribution in [2.24, 2.45) is 0 Å². The maximum absolute atomic E-state index is 12.3. The highest BCUT2D eigenvalue weighted by Gasteiger charge is 2.34. The van der Waals surface area contributed by atoms with Gasteiger partial charge in [0.1, 0.15) is 0 Å². The van der Waals surface area contributed by atoms with Crippen molar-refractivity contribution in [3.05, 3.63) is 23.8 Å². The van der Waals surface area contributed by atoms with Gasteiger partial charge in [-0.1, -0.05) is 6.07 Å². The van der Waals surface area contributed by atoms with Crippen molar-refractivity contribution in [3.8, 4) is 11.5 Å². The number of aromatic hydroxyl groups is 1. The Labute approximate surface area is 122 Å². The molecule has 1 amide bonds. The molecule has 6 heteroatoms. The molecule has 20 heavy (non-hydrogen) atoms. The molecule has 110 valence electrons. The quantitative estimate of drug-likeness (QED) is 0.834. The molecule has 0 bridgehead atoms. The summed E-state index contributed by atoms with van der Waals surface area (Å²) in [5.41, 5.74) is -0.299. The second-order valence-corrected chi connectivity index (χ2v) is 5.10. The molecule has 1 saturated heterocycles.